The van der Waals surface area contributed by atoms with E-state index in [0.29, 0.717) is 5.75 Å². The maximum atomic E-state index is 11.5. The minimum atomic E-state index is -0.569. The molecule has 0 aromatic heterocycles. The number of hydrogen-bond acceptors (Lipinski definition) is 6. The number of hydrogen-bond donors (Lipinski definition) is 0. The highest BCUT2D eigenvalue weighted by Gasteiger charge is 2.08. The topological polar surface area (TPSA) is 77.3 Å². The number of ether oxygens (including phenoxy) is 2. The molecule has 0 aliphatic carbocycles. The van der Waals surface area contributed by atoms with Crippen molar-refractivity contribution in [1.82, 2.24) is 0 Å². The van der Waals surface area contributed by atoms with Crippen molar-refractivity contribution in [2.75, 3.05) is 7.11 Å². The van der Waals surface area contributed by atoms with Crippen molar-refractivity contribution in [3.63, 3.8) is 0 Å². The molecule has 2 rings (SSSR count). The summed E-state index contributed by atoms with van der Waals surface area (Å²) in [5, 5.41) is 8.53. The van der Waals surface area contributed by atoms with E-state index in [0.717, 1.165) is 28.3 Å². The predicted molar refractivity (Wildman–Crippen MR) is 105 cm³/mol. The van der Waals surface area contributed by atoms with Crippen molar-refractivity contribution in [3.05, 3.63) is 59.7 Å². The van der Waals surface area contributed by atoms with Crippen LogP contribution >= 0.6 is 0 Å². The van der Waals surface area contributed by atoms with Crippen molar-refractivity contribution in [3.8, 4) is 11.5 Å². The standard InChI is InChI=1S/C21H22N2O4/c1-14(24)13-21(25)27-20-11-7-18(8-12-20)16(3)23-22-15(2)17-5-9-19(26-4)10-6-17/h5-12H,13H2,1-4H3. The van der Waals surface area contributed by atoms with Crippen LogP contribution in [0.3, 0.4) is 0 Å². The summed E-state index contributed by atoms with van der Waals surface area (Å²) >= 11 is 0. The van der Waals surface area contributed by atoms with E-state index in [4.69, 9.17) is 9.47 Å². The van der Waals surface area contributed by atoms with Gasteiger partial charge in [0.15, 0.2) is 0 Å². The molecule has 27 heavy (non-hydrogen) atoms. The molecule has 6 heteroatoms. The molecule has 0 spiro atoms. The third-order valence-corrected chi connectivity index (χ3v) is 3.75. The van der Waals surface area contributed by atoms with Gasteiger partial charge in [0, 0.05) is 0 Å². The fourth-order valence-corrected chi connectivity index (χ4v) is 2.23. The Balaban J connectivity index is 2.06. The first-order chi connectivity index (χ1) is 12.9. The number of carbonyl (C=O) groups is 2. The van der Waals surface area contributed by atoms with Crippen LogP contribution in [0, 0.1) is 0 Å². The Kier molecular flexibility index (Phi) is 7.00. The van der Waals surface area contributed by atoms with Gasteiger partial charge in [0.2, 0.25) is 0 Å². The number of carbonyl (C=O) groups excluding carboxylic acids is 2. The van der Waals surface area contributed by atoms with Gasteiger partial charge in [-0.15, -0.1) is 0 Å². The van der Waals surface area contributed by atoms with E-state index in [1.165, 1.54) is 6.92 Å². The summed E-state index contributed by atoms with van der Waals surface area (Å²) in [4.78, 5) is 22.4. The Hall–Kier alpha value is -3.28. The molecule has 0 amide bonds. The van der Waals surface area contributed by atoms with Crippen LogP contribution < -0.4 is 9.47 Å². The molecule has 0 heterocycles. The predicted octanol–water partition coefficient (Wildman–Crippen LogP) is 3.81. The van der Waals surface area contributed by atoms with Gasteiger partial charge in [-0.25, -0.2) is 0 Å². The second-order valence-electron chi connectivity index (χ2n) is 5.98. The van der Waals surface area contributed by atoms with Gasteiger partial charge < -0.3 is 9.47 Å². The monoisotopic (exact) mass is 366 g/mol. The molecule has 0 atom stereocenters. The van der Waals surface area contributed by atoms with E-state index in [9.17, 15) is 9.59 Å². The molecule has 140 valence electrons. The molecule has 0 saturated carbocycles. The molecule has 0 N–H and O–H groups in total. The lowest BCUT2D eigenvalue weighted by molar-refractivity contribution is -0.137. The molecular weight excluding hydrogens is 344 g/mol. The Morgan fingerprint density at radius 2 is 1.22 bits per heavy atom. The molecular formula is C21H22N2O4. The molecule has 0 fully saturated rings. The van der Waals surface area contributed by atoms with Gasteiger partial charge in [-0.05, 0) is 80.4 Å². The molecule has 0 radical (unpaired) electrons. The molecule has 6 nitrogen and oxygen atoms in total. The zero-order valence-electron chi connectivity index (χ0n) is 15.9. The van der Waals surface area contributed by atoms with Gasteiger partial charge >= 0.3 is 5.97 Å². The summed E-state index contributed by atoms with van der Waals surface area (Å²) in [6.45, 7) is 5.08. The maximum Gasteiger partial charge on any atom is 0.318 e. The summed E-state index contributed by atoms with van der Waals surface area (Å²) in [6, 6.07) is 14.5. The van der Waals surface area contributed by atoms with Crippen LogP contribution in [-0.4, -0.2) is 30.3 Å². The Labute approximate surface area is 158 Å². The Morgan fingerprint density at radius 1 is 0.778 bits per heavy atom. The summed E-state index contributed by atoms with van der Waals surface area (Å²) in [7, 11) is 1.62. The molecule has 0 aliphatic rings. The molecule has 2 aromatic carbocycles. The lowest BCUT2D eigenvalue weighted by atomic mass is 10.1. The lowest BCUT2D eigenvalue weighted by Crippen LogP contribution is -2.11. The number of methoxy groups -OCH3 is 1. The number of esters is 1. The SMILES string of the molecule is COc1ccc(C(C)=NN=C(C)c2ccc(OC(=O)CC(C)=O)cc2)cc1. The van der Waals surface area contributed by atoms with Gasteiger partial charge in [-0.1, -0.05) is 0 Å². The zero-order chi connectivity index (χ0) is 19.8. The zero-order valence-corrected chi connectivity index (χ0v) is 15.9. The summed E-state index contributed by atoms with van der Waals surface area (Å²) < 4.78 is 10.2. The molecule has 0 saturated heterocycles. The maximum absolute atomic E-state index is 11.5. The summed E-state index contributed by atoms with van der Waals surface area (Å²) in [5.41, 5.74) is 3.32. The third-order valence-electron chi connectivity index (χ3n) is 3.75. The minimum absolute atomic E-state index is 0.232. The first kappa shape index (κ1) is 20.0. The second kappa shape index (κ2) is 9.43. The van der Waals surface area contributed by atoms with Crippen molar-refractivity contribution >= 4 is 23.2 Å². The number of ketones is 1. The first-order valence-electron chi connectivity index (χ1n) is 8.43. The van der Waals surface area contributed by atoms with Crippen molar-refractivity contribution in [2.45, 2.75) is 27.2 Å². The van der Waals surface area contributed by atoms with E-state index < -0.39 is 5.97 Å². The van der Waals surface area contributed by atoms with E-state index in [-0.39, 0.29) is 12.2 Å². The quantitative estimate of drug-likeness (QED) is 0.245. The largest absolute Gasteiger partial charge is 0.497 e. The van der Waals surface area contributed by atoms with Crippen LogP contribution in [0.25, 0.3) is 0 Å². The molecule has 0 bridgehead atoms. The second-order valence-corrected chi connectivity index (χ2v) is 5.98. The van der Waals surface area contributed by atoms with Crippen molar-refractivity contribution in [1.29, 1.82) is 0 Å². The molecule has 0 aliphatic heterocycles. The number of nitrogens with zero attached hydrogens (tertiary/aromatic N) is 2. The number of rotatable bonds is 7. The highest BCUT2D eigenvalue weighted by Crippen LogP contribution is 2.15. The number of benzene rings is 2. The van der Waals surface area contributed by atoms with Crippen molar-refractivity contribution < 1.29 is 19.1 Å². The number of Topliss-reactive ketones (excluding diaryl/α,β-unsaturated/α-hetero) is 1. The van der Waals surface area contributed by atoms with Crippen LogP contribution in [0.1, 0.15) is 38.3 Å². The fourth-order valence-electron chi connectivity index (χ4n) is 2.23. The van der Waals surface area contributed by atoms with Crippen LogP contribution in [0.15, 0.2) is 58.7 Å². The third kappa shape index (κ3) is 6.18. The van der Waals surface area contributed by atoms with E-state index in [2.05, 4.69) is 10.2 Å². The average Bonchev–Trinajstić information content (AvgIpc) is 2.65. The van der Waals surface area contributed by atoms with E-state index >= 15 is 0 Å². The van der Waals surface area contributed by atoms with Crippen LogP contribution in [-0.2, 0) is 9.59 Å². The van der Waals surface area contributed by atoms with Gasteiger partial charge in [0.1, 0.15) is 23.7 Å². The smallest absolute Gasteiger partial charge is 0.318 e. The summed E-state index contributed by atoms with van der Waals surface area (Å²) in [6.07, 6.45) is -0.235. The lowest BCUT2D eigenvalue weighted by Gasteiger charge is -2.05. The van der Waals surface area contributed by atoms with E-state index in [1.807, 2.05) is 38.1 Å². The normalized spacial score (nSPS) is 11.9. The van der Waals surface area contributed by atoms with Gasteiger partial charge in [-0.3, -0.25) is 9.59 Å². The van der Waals surface area contributed by atoms with Gasteiger partial charge in [-0.2, -0.15) is 10.2 Å². The van der Waals surface area contributed by atoms with Crippen LogP contribution in [0.2, 0.25) is 0 Å². The van der Waals surface area contributed by atoms with Gasteiger partial charge in [0.05, 0.1) is 18.5 Å². The van der Waals surface area contributed by atoms with Gasteiger partial charge in [0.25, 0.3) is 0 Å². The highest BCUT2D eigenvalue weighted by molar-refractivity contribution is 6.02. The van der Waals surface area contributed by atoms with Crippen LogP contribution in [0.4, 0.5) is 0 Å². The Morgan fingerprint density at radius 3 is 1.63 bits per heavy atom. The highest BCUT2D eigenvalue weighted by atomic mass is 16.5. The minimum Gasteiger partial charge on any atom is -0.497 e. The van der Waals surface area contributed by atoms with Crippen LogP contribution in [0.5, 0.6) is 11.5 Å². The first-order valence-corrected chi connectivity index (χ1v) is 8.43. The van der Waals surface area contributed by atoms with E-state index in [1.54, 1.807) is 31.4 Å². The molecule has 0 unspecified atom stereocenters. The summed E-state index contributed by atoms with van der Waals surface area (Å²) in [5.74, 6) is 0.371. The molecule has 2 aromatic rings. The fraction of sp³-hybridized carbons (Fsp3) is 0.238. The average molecular weight is 366 g/mol. The Bertz CT molecular complexity index is 866. The van der Waals surface area contributed by atoms with Crippen molar-refractivity contribution in [2.24, 2.45) is 10.2 Å².